The van der Waals surface area contributed by atoms with Gasteiger partial charge in [-0.05, 0) is 25.8 Å². The number of hydrogen-bond donors (Lipinski definition) is 0. The van der Waals surface area contributed by atoms with E-state index in [1.165, 1.54) is 19.3 Å². The summed E-state index contributed by atoms with van der Waals surface area (Å²) in [6.07, 6.45) is 5.66. The van der Waals surface area contributed by atoms with Crippen molar-refractivity contribution in [3.05, 3.63) is 0 Å². The van der Waals surface area contributed by atoms with Crippen molar-refractivity contribution in [3.8, 4) is 0 Å². The molecule has 0 amide bonds. The molecule has 0 aromatic carbocycles. The maximum Gasteiger partial charge on any atom is 0.154 e. The number of Topliss-reactive ketones (excluding diaryl/α,β-unsaturated/α-hetero) is 1. The van der Waals surface area contributed by atoms with Gasteiger partial charge in [-0.1, -0.05) is 19.8 Å². The fourth-order valence-corrected chi connectivity index (χ4v) is 3.21. The molecule has 1 spiro atoms. The van der Waals surface area contributed by atoms with Crippen LogP contribution in [0, 0.1) is 5.92 Å². The van der Waals surface area contributed by atoms with Crippen LogP contribution in [0.3, 0.4) is 0 Å². The Morgan fingerprint density at radius 2 is 2.23 bits per heavy atom. The highest BCUT2D eigenvalue weighted by Gasteiger charge is 2.50. The van der Waals surface area contributed by atoms with Crippen LogP contribution in [0.4, 0.5) is 0 Å². The maximum atomic E-state index is 11.9. The first-order valence-electron chi connectivity index (χ1n) is 5.42. The number of carbonyl (C=O) groups excluding carboxylic acids is 1. The van der Waals surface area contributed by atoms with Crippen LogP contribution in [-0.2, 0) is 4.79 Å². The fourth-order valence-electron chi connectivity index (χ4n) is 3.21. The van der Waals surface area contributed by atoms with Crippen molar-refractivity contribution in [1.29, 1.82) is 0 Å². The predicted molar refractivity (Wildman–Crippen MR) is 52.6 cm³/mol. The van der Waals surface area contributed by atoms with Gasteiger partial charge in [0.05, 0.1) is 5.54 Å². The van der Waals surface area contributed by atoms with E-state index in [0.717, 1.165) is 19.4 Å². The number of likely N-dealkylation sites (N-methyl/N-ethyl adjacent to an activating group) is 1. The third kappa shape index (κ3) is 1.15. The SMILES string of the molecule is CC1CCCCC12C(=O)CCN2C. The van der Waals surface area contributed by atoms with Crippen LogP contribution in [0.15, 0.2) is 0 Å². The van der Waals surface area contributed by atoms with Crippen molar-refractivity contribution in [1.82, 2.24) is 4.90 Å². The van der Waals surface area contributed by atoms with Crippen molar-refractivity contribution in [2.75, 3.05) is 13.6 Å². The minimum absolute atomic E-state index is 0.0573. The van der Waals surface area contributed by atoms with Crippen LogP contribution in [-0.4, -0.2) is 29.8 Å². The summed E-state index contributed by atoms with van der Waals surface area (Å²) in [4.78, 5) is 14.2. The largest absolute Gasteiger partial charge is 0.298 e. The molecule has 74 valence electrons. The Bertz CT molecular complexity index is 226. The van der Waals surface area contributed by atoms with Gasteiger partial charge in [-0.2, -0.15) is 0 Å². The highest BCUT2D eigenvalue weighted by atomic mass is 16.1. The van der Waals surface area contributed by atoms with Gasteiger partial charge in [0, 0.05) is 13.0 Å². The molecule has 0 bridgehead atoms. The van der Waals surface area contributed by atoms with Crippen molar-refractivity contribution in [2.45, 2.75) is 44.6 Å². The highest BCUT2D eigenvalue weighted by molar-refractivity contribution is 5.91. The highest BCUT2D eigenvalue weighted by Crippen LogP contribution is 2.42. The Morgan fingerprint density at radius 1 is 1.46 bits per heavy atom. The van der Waals surface area contributed by atoms with Gasteiger partial charge in [0.1, 0.15) is 0 Å². The quantitative estimate of drug-likeness (QED) is 0.568. The summed E-state index contributed by atoms with van der Waals surface area (Å²) in [6.45, 7) is 3.22. The zero-order valence-electron chi connectivity index (χ0n) is 8.68. The summed E-state index contributed by atoms with van der Waals surface area (Å²) in [5.41, 5.74) is -0.0573. The van der Waals surface area contributed by atoms with Crippen LogP contribution in [0.25, 0.3) is 0 Å². The third-order valence-corrected chi connectivity index (χ3v) is 4.10. The molecular weight excluding hydrogens is 162 g/mol. The Labute approximate surface area is 80.3 Å². The average molecular weight is 181 g/mol. The number of carbonyl (C=O) groups is 1. The molecule has 1 aliphatic carbocycles. The molecule has 2 aliphatic rings. The summed E-state index contributed by atoms with van der Waals surface area (Å²) in [6, 6.07) is 0. The summed E-state index contributed by atoms with van der Waals surface area (Å²) in [5.74, 6) is 1.07. The lowest BCUT2D eigenvalue weighted by Crippen LogP contribution is -2.53. The van der Waals surface area contributed by atoms with E-state index in [1.54, 1.807) is 0 Å². The van der Waals surface area contributed by atoms with Crippen LogP contribution in [0.5, 0.6) is 0 Å². The van der Waals surface area contributed by atoms with Crippen molar-refractivity contribution < 1.29 is 4.79 Å². The minimum atomic E-state index is -0.0573. The molecule has 0 aromatic rings. The van der Waals surface area contributed by atoms with E-state index in [0.29, 0.717) is 11.7 Å². The van der Waals surface area contributed by atoms with Gasteiger partial charge in [0.15, 0.2) is 5.78 Å². The number of likely N-dealkylation sites (tertiary alicyclic amines) is 1. The third-order valence-electron chi connectivity index (χ3n) is 4.10. The zero-order valence-corrected chi connectivity index (χ0v) is 8.68. The molecule has 0 aromatic heterocycles. The first-order valence-corrected chi connectivity index (χ1v) is 5.42. The van der Waals surface area contributed by atoms with Gasteiger partial charge in [0.25, 0.3) is 0 Å². The molecule has 0 N–H and O–H groups in total. The molecule has 2 atom stereocenters. The second-order valence-electron chi connectivity index (χ2n) is 4.67. The molecule has 0 radical (unpaired) electrons. The van der Waals surface area contributed by atoms with Crippen molar-refractivity contribution in [2.24, 2.45) is 5.92 Å². The molecule has 1 aliphatic heterocycles. The maximum absolute atomic E-state index is 11.9. The van der Waals surface area contributed by atoms with Crippen LogP contribution in [0.1, 0.15) is 39.0 Å². The smallest absolute Gasteiger partial charge is 0.154 e. The molecule has 2 unspecified atom stereocenters. The van der Waals surface area contributed by atoms with E-state index in [4.69, 9.17) is 0 Å². The Kier molecular flexibility index (Phi) is 2.18. The minimum Gasteiger partial charge on any atom is -0.298 e. The zero-order chi connectivity index (χ0) is 9.47. The van der Waals surface area contributed by atoms with Gasteiger partial charge in [0.2, 0.25) is 0 Å². The molecule has 2 heteroatoms. The first kappa shape index (κ1) is 9.20. The van der Waals surface area contributed by atoms with Gasteiger partial charge >= 0.3 is 0 Å². The lowest BCUT2D eigenvalue weighted by Gasteiger charge is -2.43. The van der Waals surface area contributed by atoms with E-state index in [9.17, 15) is 4.79 Å². The number of hydrogen-bond acceptors (Lipinski definition) is 2. The molecule has 1 saturated carbocycles. The number of nitrogens with zero attached hydrogens (tertiary/aromatic N) is 1. The molecule has 2 fully saturated rings. The lowest BCUT2D eigenvalue weighted by atomic mass is 9.71. The molecule has 13 heavy (non-hydrogen) atoms. The molecule has 1 heterocycles. The number of ketones is 1. The van der Waals surface area contributed by atoms with Crippen LogP contribution < -0.4 is 0 Å². The molecule has 1 saturated heterocycles. The summed E-state index contributed by atoms with van der Waals surface area (Å²) >= 11 is 0. The monoisotopic (exact) mass is 181 g/mol. The molecule has 2 nitrogen and oxygen atoms in total. The average Bonchev–Trinajstić information content (AvgIpc) is 2.39. The molecular formula is C11H19NO. The first-order chi connectivity index (χ1) is 6.18. The number of rotatable bonds is 0. The summed E-state index contributed by atoms with van der Waals surface area (Å²) in [5, 5.41) is 0. The Balaban J connectivity index is 2.29. The van der Waals surface area contributed by atoms with Crippen molar-refractivity contribution >= 4 is 5.78 Å². The Morgan fingerprint density at radius 3 is 2.77 bits per heavy atom. The predicted octanol–water partition coefficient (Wildman–Crippen LogP) is 1.84. The molecule has 2 rings (SSSR count). The van der Waals surface area contributed by atoms with E-state index in [2.05, 4.69) is 18.9 Å². The van der Waals surface area contributed by atoms with Gasteiger partial charge in [-0.15, -0.1) is 0 Å². The lowest BCUT2D eigenvalue weighted by molar-refractivity contribution is -0.129. The van der Waals surface area contributed by atoms with E-state index < -0.39 is 0 Å². The second kappa shape index (κ2) is 3.09. The van der Waals surface area contributed by atoms with Gasteiger partial charge in [-0.3, -0.25) is 9.69 Å². The van der Waals surface area contributed by atoms with E-state index in [1.807, 2.05) is 0 Å². The van der Waals surface area contributed by atoms with Crippen LogP contribution in [0.2, 0.25) is 0 Å². The van der Waals surface area contributed by atoms with E-state index in [-0.39, 0.29) is 5.54 Å². The second-order valence-corrected chi connectivity index (χ2v) is 4.67. The van der Waals surface area contributed by atoms with Crippen LogP contribution >= 0.6 is 0 Å². The van der Waals surface area contributed by atoms with Gasteiger partial charge in [-0.25, -0.2) is 0 Å². The van der Waals surface area contributed by atoms with Crippen molar-refractivity contribution in [3.63, 3.8) is 0 Å². The Hall–Kier alpha value is -0.370. The fraction of sp³-hybridized carbons (Fsp3) is 0.909. The topological polar surface area (TPSA) is 20.3 Å². The van der Waals surface area contributed by atoms with E-state index >= 15 is 0 Å². The summed E-state index contributed by atoms with van der Waals surface area (Å²) < 4.78 is 0. The standard InChI is InChI=1S/C11H19NO/c1-9-5-3-4-7-11(9)10(13)6-8-12(11)2/h9H,3-8H2,1-2H3. The van der Waals surface area contributed by atoms with Gasteiger partial charge < -0.3 is 0 Å². The normalized spacial score (nSPS) is 41.7. The summed E-state index contributed by atoms with van der Waals surface area (Å²) in [7, 11) is 2.12.